The number of carbonyl (C=O) groups is 1. The van der Waals surface area contributed by atoms with Crippen LogP contribution in [0.3, 0.4) is 0 Å². The molecule has 2 rings (SSSR count). The van der Waals surface area contributed by atoms with Crippen LogP contribution in [0.25, 0.3) is 0 Å². The first kappa shape index (κ1) is 10.7. The molecule has 3 nitrogen and oxygen atoms in total. The Morgan fingerprint density at radius 3 is 2.75 bits per heavy atom. The Morgan fingerprint density at radius 2 is 2.06 bits per heavy atom. The van der Waals surface area contributed by atoms with Crippen LogP contribution in [0.2, 0.25) is 0 Å². The fourth-order valence-electron chi connectivity index (χ4n) is 1.28. The van der Waals surface area contributed by atoms with Gasteiger partial charge in [-0.1, -0.05) is 12.1 Å². The van der Waals surface area contributed by atoms with Gasteiger partial charge in [0, 0.05) is 6.92 Å². The highest BCUT2D eigenvalue weighted by Crippen LogP contribution is 2.31. The number of thiophene rings is 1. The number of ether oxygens (including phenoxy) is 1. The van der Waals surface area contributed by atoms with Crippen molar-refractivity contribution < 1.29 is 9.53 Å². The van der Waals surface area contributed by atoms with Crippen LogP contribution in [-0.2, 0) is 4.79 Å². The third kappa shape index (κ3) is 2.61. The summed E-state index contributed by atoms with van der Waals surface area (Å²) < 4.78 is 5.65. The highest BCUT2D eigenvalue weighted by molar-refractivity contribution is 7.11. The first-order valence-electron chi connectivity index (χ1n) is 4.83. The third-order valence-electron chi connectivity index (χ3n) is 1.90. The van der Waals surface area contributed by atoms with E-state index in [0.29, 0.717) is 11.4 Å². The van der Waals surface area contributed by atoms with Crippen molar-refractivity contribution in [3.63, 3.8) is 0 Å². The van der Waals surface area contributed by atoms with Crippen molar-refractivity contribution in [3.8, 4) is 10.8 Å². The zero-order valence-electron chi connectivity index (χ0n) is 8.77. The summed E-state index contributed by atoms with van der Waals surface area (Å²) in [6.07, 6.45) is 0. The molecular weight excluding hydrogens is 222 g/mol. The van der Waals surface area contributed by atoms with E-state index in [1.54, 1.807) is 0 Å². The fraction of sp³-hybridized carbons (Fsp3) is 0.0833. The maximum atomic E-state index is 11.0. The van der Waals surface area contributed by atoms with E-state index in [-0.39, 0.29) is 5.91 Å². The third-order valence-corrected chi connectivity index (χ3v) is 2.65. The molecule has 1 N–H and O–H groups in total. The van der Waals surface area contributed by atoms with E-state index in [2.05, 4.69) is 5.32 Å². The monoisotopic (exact) mass is 233 g/mol. The number of benzene rings is 1. The van der Waals surface area contributed by atoms with Crippen molar-refractivity contribution >= 4 is 22.9 Å². The van der Waals surface area contributed by atoms with E-state index >= 15 is 0 Å². The van der Waals surface area contributed by atoms with Crippen molar-refractivity contribution in [2.45, 2.75) is 6.92 Å². The molecule has 0 aliphatic carbocycles. The molecule has 1 aromatic carbocycles. The van der Waals surface area contributed by atoms with Gasteiger partial charge in [-0.15, -0.1) is 11.3 Å². The summed E-state index contributed by atoms with van der Waals surface area (Å²) in [5, 5.41) is 5.47. The zero-order chi connectivity index (χ0) is 11.4. The Morgan fingerprint density at radius 1 is 1.25 bits per heavy atom. The van der Waals surface area contributed by atoms with E-state index in [0.717, 1.165) is 5.06 Å². The number of hydrogen-bond donors (Lipinski definition) is 1. The van der Waals surface area contributed by atoms with Gasteiger partial charge in [-0.05, 0) is 29.6 Å². The maximum Gasteiger partial charge on any atom is 0.221 e. The summed E-state index contributed by atoms with van der Waals surface area (Å²) in [6, 6.07) is 11.2. The predicted molar refractivity (Wildman–Crippen MR) is 65.1 cm³/mol. The van der Waals surface area contributed by atoms with Gasteiger partial charge in [-0.25, -0.2) is 0 Å². The van der Waals surface area contributed by atoms with Crippen molar-refractivity contribution in [2.24, 2.45) is 0 Å². The second-order valence-electron chi connectivity index (χ2n) is 3.21. The number of carbonyl (C=O) groups excluding carboxylic acids is 1. The molecule has 0 aliphatic rings. The van der Waals surface area contributed by atoms with E-state index in [4.69, 9.17) is 4.74 Å². The molecule has 82 valence electrons. The lowest BCUT2D eigenvalue weighted by molar-refractivity contribution is -0.114. The predicted octanol–water partition coefficient (Wildman–Crippen LogP) is 3.50. The minimum atomic E-state index is -0.109. The molecule has 0 saturated carbocycles. The van der Waals surface area contributed by atoms with Crippen LogP contribution in [0.4, 0.5) is 5.69 Å². The van der Waals surface area contributed by atoms with Crippen LogP contribution in [0, 0.1) is 0 Å². The lowest BCUT2D eigenvalue weighted by Gasteiger charge is -2.09. The molecule has 1 amide bonds. The Bertz CT molecular complexity index is 480. The molecule has 1 heterocycles. The van der Waals surface area contributed by atoms with Gasteiger partial charge in [0.25, 0.3) is 0 Å². The SMILES string of the molecule is CC(=O)Nc1ccccc1Oc1cccs1. The van der Waals surface area contributed by atoms with Gasteiger partial charge in [0.15, 0.2) is 10.8 Å². The van der Waals surface area contributed by atoms with E-state index in [9.17, 15) is 4.79 Å². The minimum absolute atomic E-state index is 0.109. The molecule has 2 aromatic rings. The Balaban J connectivity index is 2.22. The number of para-hydroxylation sites is 2. The summed E-state index contributed by atoms with van der Waals surface area (Å²) >= 11 is 1.51. The normalized spacial score (nSPS) is 9.81. The summed E-state index contributed by atoms with van der Waals surface area (Å²) in [7, 11) is 0. The van der Waals surface area contributed by atoms with Gasteiger partial charge in [0.1, 0.15) is 0 Å². The molecule has 0 fully saturated rings. The molecular formula is C12H11NO2S. The number of rotatable bonds is 3. The fourth-order valence-corrected chi connectivity index (χ4v) is 1.86. The summed E-state index contributed by atoms with van der Waals surface area (Å²) in [4.78, 5) is 11.0. The highest BCUT2D eigenvalue weighted by Gasteiger charge is 2.05. The Hall–Kier alpha value is -1.81. The first-order valence-corrected chi connectivity index (χ1v) is 5.71. The molecule has 4 heteroatoms. The number of hydrogen-bond acceptors (Lipinski definition) is 3. The van der Waals surface area contributed by atoms with Gasteiger partial charge in [-0.3, -0.25) is 4.79 Å². The smallest absolute Gasteiger partial charge is 0.221 e. The summed E-state index contributed by atoms with van der Waals surface area (Å²) in [5.41, 5.74) is 0.684. The van der Waals surface area contributed by atoms with E-state index in [1.165, 1.54) is 18.3 Å². The number of anilines is 1. The van der Waals surface area contributed by atoms with Crippen molar-refractivity contribution in [1.82, 2.24) is 0 Å². The van der Waals surface area contributed by atoms with Gasteiger partial charge >= 0.3 is 0 Å². The van der Waals surface area contributed by atoms with E-state index in [1.807, 2.05) is 41.8 Å². The maximum absolute atomic E-state index is 11.0. The van der Waals surface area contributed by atoms with Gasteiger partial charge in [-0.2, -0.15) is 0 Å². The number of nitrogens with one attached hydrogen (secondary N) is 1. The minimum Gasteiger partial charge on any atom is -0.445 e. The average Bonchev–Trinajstić information content (AvgIpc) is 2.73. The first-order chi connectivity index (χ1) is 7.75. The van der Waals surface area contributed by atoms with Crippen molar-refractivity contribution in [1.29, 1.82) is 0 Å². The van der Waals surface area contributed by atoms with Gasteiger partial charge < -0.3 is 10.1 Å². The molecule has 16 heavy (non-hydrogen) atoms. The van der Waals surface area contributed by atoms with Crippen molar-refractivity contribution in [2.75, 3.05) is 5.32 Å². The van der Waals surface area contributed by atoms with Crippen LogP contribution in [0.5, 0.6) is 10.8 Å². The Labute approximate surface area is 97.7 Å². The van der Waals surface area contributed by atoms with Crippen LogP contribution < -0.4 is 10.1 Å². The van der Waals surface area contributed by atoms with Gasteiger partial charge in [0.2, 0.25) is 5.91 Å². The number of amides is 1. The quantitative estimate of drug-likeness (QED) is 0.881. The average molecular weight is 233 g/mol. The second-order valence-corrected chi connectivity index (χ2v) is 4.12. The second kappa shape index (κ2) is 4.81. The molecule has 0 spiro atoms. The molecule has 0 aliphatic heterocycles. The topological polar surface area (TPSA) is 38.3 Å². The molecule has 0 unspecified atom stereocenters. The van der Waals surface area contributed by atoms with Crippen LogP contribution in [0.15, 0.2) is 41.8 Å². The lowest BCUT2D eigenvalue weighted by atomic mass is 10.3. The van der Waals surface area contributed by atoms with Crippen molar-refractivity contribution in [3.05, 3.63) is 41.8 Å². The molecule has 0 atom stereocenters. The summed E-state index contributed by atoms with van der Waals surface area (Å²) in [5.74, 6) is 0.544. The Kier molecular flexibility index (Phi) is 3.22. The molecule has 0 saturated heterocycles. The van der Waals surface area contributed by atoms with E-state index < -0.39 is 0 Å². The molecule has 1 aromatic heterocycles. The van der Waals surface area contributed by atoms with Crippen LogP contribution >= 0.6 is 11.3 Å². The summed E-state index contributed by atoms with van der Waals surface area (Å²) in [6.45, 7) is 1.47. The van der Waals surface area contributed by atoms with Gasteiger partial charge in [0.05, 0.1) is 5.69 Å². The highest BCUT2D eigenvalue weighted by atomic mass is 32.1. The van der Waals surface area contributed by atoms with Crippen LogP contribution in [0.1, 0.15) is 6.92 Å². The van der Waals surface area contributed by atoms with Crippen LogP contribution in [-0.4, -0.2) is 5.91 Å². The molecule has 0 bridgehead atoms. The largest absolute Gasteiger partial charge is 0.445 e. The standard InChI is InChI=1S/C12H11NO2S/c1-9(14)13-10-5-2-3-6-11(10)15-12-7-4-8-16-12/h2-8H,1H3,(H,13,14). The molecule has 0 radical (unpaired) electrons. The zero-order valence-corrected chi connectivity index (χ0v) is 9.58. The lowest BCUT2D eigenvalue weighted by Crippen LogP contribution is -2.06.